The zero-order valence-corrected chi connectivity index (χ0v) is 14.3. The number of methoxy groups -OCH3 is 1. The van der Waals surface area contributed by atoms with Crippen LogP contribution < -0.4 is 4.74 Å². The van der Waals surface area contributed by atoms with Crippen molar-refractivity contribution in [3.05, 3.63) is 66.2 Å². The van der Waals surface area contributed by atoms with Crippen molar-refractivity contribution in [1.82, 2.24) is 15.0 Å². The third kappa shape index (κ3) is 3.21. The van der Waals surface area contributed by atoms with Crippen LogP contribution in [0.25, 0.3) is 21.8 Å². The highest BCUT2D eigenvalue weighted by atomic mass is 16.5. The van der Waals surface area contributed by atoms with Gasteiger partial charge in [-0.3, -0.25) is 4.79 Å². The standard InChI is InChI=1S/C20H17N3O3/c1-25-17-9-8-15-10-14(6-7-16(15)11-17)13-26-20(24)12-23-19-5-3-2-4-18(19)21-22-23/h2-11H,12-13H2,1H3. The molecule has 0 bridgehead atoms. The van der Waals surface area contributed by atoms with Crippen LogP contribution in [0.15, 0.2) is 60.7 Å². The van der Waals surface area contributed by atoms with Gasteiger partial charge in [0.05, 0.1) is 12.6 Å². The lowest BCUT2D eigenvalue weighted by atomic mass is 10.1. The Bertz CT molecular complexity index is 1090. The van der Waals surface area contributed by atoms with Crippen LogP contribution in [-0.2, 0) is 22.7 Å². The van der Waals surface area contributed by atoms with Gasteiger partial charge >= 0.3 is 5.97 Å². The summed E-state index contributed by atoms with van der Waals surface area (Å²) < 4.78 is 12.2. The van der Waals surface area contributed by atoms with E-state index in [9.17, 15) is 4.79 Å². The van der Waals surface area contributed by atoms with Gasteiger partial charge in [0.2, 0.25) is 0 Å². The zero-order chi connectivity index (χ0) is 17.9. The Hall–Kier alpha value is -3.41. The first-order chi connectivity index (χ1) is 12.7. The maximum absolute atomic E-state index is 12.1. The molecular formula is C20H17N3O3. The van der Waals surface area contributed by atoms with Crippen molar-refractivity contribution in [3.63, 3.8) is 0 Å². The molecule has 0 atom stereocenters. The summed E-state index contributed by atoms with van der Waals surface area (Å²) in [5.74, 6) is 0.465. The molecule has 3 aromatic carbocycles. The molecule has 6 heteroatoms. The van der Waals surface area contributed by atoms with E-state index in [1.54, 1.807) is 11.8 Å². The minimum Gasteiger partial charge on any atom is -0.497 e. The van der Waals surface area contributed by atoms with Gasteiger partial charge in [0.25, 0.3) is 0 Å². The third-order valence-electron chi connectivity index (χ3n) is 4.21. The van der Waals surface area contributed by atoms with Crippen LogP contribution >= 0.6 is 0 Å². The average Bonchev–Trinajstić information content (AvgIpc) is 3.08. The Balaban J connectivity index is 1.43. The van der Waals surface area contributed by atoms with Crippen LogP contribution in [0, 0.1) is 0 Å². The first kappa shape index (κ1) is 16.1. The van der Waals surface area contributed by atoms with Gasteiger partial charge in [-0.15, -0.1) is 5.10 Å². The van der Waals surface area contributed by atoms with Crippen LogP contribution in [0.3, 0.4) is 0 Å². The van der Waals surface area contributed by atoms with E-state index in [2.05, 4.69) is 10.3 Å². The van der Waals surface area contributed by atoms with Gasteiger partial charge in [-0.2, -0.15) is 0 Å². The first-order valence-electron chi connectivity index (χ1n) is 8.23. The second kappa shape index (κ2) is 6.84. The van der Waals surface area contributed by atoms with E-state index in [-0.39, 0.29) is 19.1 Å². The number of ether oxygens (including phenoxy) is 2. The van der Waals surface area contributed by atoms with Crippen LogP contribution in [-0.4, -0.2) is 28.1 Å². The molecule has 1 heterocycles. The van der Waals surface area contributed by atoms with Crippen molar-refractivity contribution in [2.75, 3.05) is 7.11 Å². The first-order valence-corrected chi connectivity index (χ1v) is 8.23. The molecule has 4 rings (SSSR count). The van der Waals surface area contributed by atoms with Gasteiger partial charge in [0.1, 0.15) is 24.4 Å². The quantitative estimate of drug-likeness (QED) is 0.518. The fourth-order valence-electron chi connectivity index (χ4n) is 2.86. The van der Waals surface area contributed by atoms with Crippen molar-refractivity contribution in [1.29, 1.82) is 0 Å². The molecule has 0 spiro atoms. The highest BCUT2D eigenvalue weighted by molar-refractivity contribution is 5.84. The van der Waals surface area contributed by atoms with Gasteiger partial charge < -0.3 is 9.47 Å². The van der Waals surface area contributed by atoms with Gasteiger partial charge in [-0.05, 0) is 46.7 Å². The molecule has 0 saturated heterocycles. The fourth-order valence-corrected chi connectivity index (χ4v) is 2.86. The van der Waals surface area contributed by atoms with Crippen molar-refractivity contribution in [3.8, 4) is 5.75 Å². The van der Waals surface area contributed by atoms with Crippen molar-refractivity contribution < 1.29 is 14.3 Å². The highest BCUT2D eigenvalue weighted by Gasteiger charge is 2.10. The second-order valence-electron chi connectivity index (χ2n) is 5.94. The summed E-state index contributed by atoms with van der Waals surface area (Å²) in [7, 11) is 1.65. The third-order valence-corrected chi connectivity index (χ3v) is 4.21. The normalized spacial score (nSPS) is 11.0. The monoisotopic (exact) mass is 347 g/mol. The van der Waals surface area contributed by atoms with Crippen LogP contribution in [0.2, 0.25) is 0 Å². The molecule has 0 fully saturated rings. The molecule has 4 aromatic rings. The summed E-state index contributed by atoms with van der Waals surface area (Å²) in [5, 5.41) is 10.2. The van der Waals surface area contributed by atoms with E-state index in [1.165, 1.54) is 0 Å². The van der Waals surface area contributed by atoms with Gasteiger partial charge in [0.15, 0.2) is 0 Å². The summed E-state index contributed by atoms with van der Waals surface area (Å²) in [6.45, 7) is 0.249. The summed E-state index contributed by atoms with van der Waals surface area (Å²) in [6, 6.07) is 19.3. The SMILES string of the molecule is COc1ccc2cc(COC(=O)Cn3nnc4ccccc43)ccc2c1. The Morgan fingerprint density at radius 2 is 1.85 bits per heavy atom. The predicted molar refractivity (Wildman–Crippen MR) is 97.8 cm³/mol. The maximum Gasteiger partial charge on any atom is 0.328 e. The number of benzene rings is 3. The molecule has 0 unspecified atom stereocenters. The fraction of sp³-hybridized carbons (Fsp3) is 0.150. The molecule has 0 saturated carbocycles. The van der Waals surface area contributed by atoms with Gasteiger partial charge in [-0.25, -0.2) is 4.68 Å². The average molecular weight is 347 g/mol. The topological polar surface area (TPSA) is 66.2 Å². The van der Waals surface area contributed by atoms with Crippen molar-refractivity contribution in [2.24, 2.45) is 0 Å². The number of aromatic nitrogens is 3. The number of hydrogen-bond donors (Lipinski definition) is 0. The molecule has 0 amide bonds. The summed E-state index contributed by atoms with van der Waals surface area (Å²) in [4.78, 5) is 12.1. The summed E-state index contributed by atoms with van der Waals surface area (Å²) in [5.41, 5.74) is 2.49. The van der Waals surface area contributed by atoms with Crippen molar-refractivity contribution >= 4 is 27.8 Å². The Morgan fingerprint density at radius 1 is 1.04 bits per heavy atom. The maximum atomic E-state index is 12.1. The minimum absolute atomic E-state index is 0.0330. The van der Waals surface area contributed by atoms with E-state index in [4.69, 9.17) is 9.47 Å². The number of hydrogen-bond acceptors (Lipinski definition) is 5. The molecule has 1 aromatic heterocycles. The second-order valence-corrected chi connectivity index (χ2v) is 5.94. The van der Waals surface area contributed by atoms with Crippen LogP contribution in [0.4, 0.5) is 0 Å². The molecule has 0 aliphatic carbocycles. The molecule has 0 N–H and O–H groups in total. The largest absolute Gasteiger partial charge is 0.497 e. The summed E-state index contributed by atoms with van der Waals surface area (Å²) in [6.07, 6.45) is 0. The number of nitrogens with zero attached hydrogens (tertiary/aromatic N) is 3. The van der Waals surface area contributed by atoms with Gasteiger partial charge in [0, 0.05) is 0 Å². The molecule has 130 valence electrons. The lowest BCUT2D eigenvalue weighted by Crippen LogP contribution is -2.14. The number of para-hydroxylation sites is 1. The van der Waals surface area contributed by atoms with Crippen LogP contribution in [0.5, 0.6) is 5.75 Å². The van der Waals surface area contributed by atoms with E-state index in [1.807, 2.05) is 60.7 Å². The molecule has 0 radical (unpaired) electrons. The molecule has 0 aliphatic heterocycles. The number of esters is 1. The van der Waals surface area contributed by atoms with E-state index >= 15 is 0 Å². The van der Waals surface area contributed by atoms with E-state index in [0.29, 0.717) is 0 Å². The minimum atomic E-state index is -0.351. The molecule has 0 aliphatic rings. The van der Waals surface area contributed by atoms with E-state index < -0.39 is 0 Å². The van der Waals surface area contributed by atoms with Crippen molar-refractivity contribution in [2.45, 2.75) is 13.2 Å². The Kier molecular flexibility index (Phi) is 4.23. The number of fused-ring (bicyclic) bond motifs is 2. The Labute approximate surface area is 149 Å². The lowest BCUT2D eigenvalue weighted by Gasteiger charge is -2.07. The highest BCUT2D eigenvalue weighted by Crippen LogP contribution is 2.22. The number of rotatable bonds is 5. The van der Waals surface area contributed by atoms with Gasteiger partial charge in [-0.1, -0.05) is 35.5 Å². The Morgan fingerprint density at radius 3 is 2.73 bits per heavy atom. The van der Waals surface area contributed by atoms with Crippen LogP contribution in [0.1, 0.15) is 5.56 Å². The van der Waals surface area contributed by atoms with E-state index in [0.717, 1.165) is 33.1 Å². The number of carbonyl (C=O) groups excluding carboxylic acids is 1. The zero-order valence-electron chi connectivity index (χ0n) is 14.3. The lowest BCUT2D eigenvalue weighted by molar-refractivity contribution is -0.145. The smallest absolute Gasteiger partial charge is 0.328 e. The molecule has 6 nitrogen and oxygen atoms in total. The number of carbonyl (C=O) groups is 1. The molecular weight excluding hydrogens is 330 g/mol. The summed E-state index contributed by atoms with van der Waals surface area (Å²) >= 11 is 0. The molecule has 26 heavy (non-hydrogen) atoms. The predicted octanol–water partition coefficient (Wildman–Crippen LogP) is 3.34.